The Morgan fingerprint density at radius 3 is 2.34 bits per heavy atom. The van der Waals surface area contributed by atoms with E-state index in [1.54, 1.807) is 19.9 Å². The summed E-state index contributed by atoms with van der Waals surface area (Å²) in [6.45, 7) is 6.79. The van der Waals surface area contributed by atoms with Gasteiger partial charge in [0.1, 0.15) is 11.6 Å². The number of halogens is 4. The van der Waals surface area contributed by atoms with Crippen molar-refractivity contribution in [3.63, 3.8) is 0 Å². The summed E-state index contributed by atoms with van der Waals surface area (Å²) >= 11 is 0. The number of aryl methyl sites for hydroxylation is 2. The molecule has 0 saturated heterocycles. The SMILES string of the molecule is COc1ccc(F)cc1C(C)(C)CC(O)(Cc1ccnc2cc(C)cc(C)c12)C(F)(F)F. The van der Waals surface area contributed by atoms with E-state index < -0.39 is 35.9 Å². The summed E-state index contributed by atoms with van der Waals surface area (Å²) in [6.07, 6.45) is -4.80. The fraction of sp³-hybridized carbons (Fsp3) is 0.400. The van der Waals surface area contributed by atoms with Gasteiger partial charge in [-0.25, -0.2) is 4.39 Å². The standard InChI is InChI=1S/C25H27F4NO2/c1-15-10-16(2)22-17(8-9-30-20(22)11-15)13-24(31,25(27,28)29)14-23(3,4)19-12-18(26)6-7-21(19)32-5/h6-12,31H,13-14H2,1-5H3. The van der Waals surface area contributed by atoms with E-state index in [9.17, 15) is 22.7 Å². The topological polar surface area (TPSA) is 42.4 Å². The van der Waals surface area contributed by atoms with Crippen LogP contribution in [0.5, 0.6) is 5.75 Å². The highest BCUT2D eigenvalue weighted by Gasteiger charge is 2.56. The van der Waals surface area contributed by atoms with Crippen molar-refractivity contribution in [2.24, 2.45) is 0 Å². The van der Waals surface area contributed by atoms with Crippen molar-refractivity contribution in [1.82, 2.24) is 4.98 Å². The summed E-state index contributed by atoms with van der Waals surface area (Å²) in [7, 11) is 1.37. The van der Waals surface area contributed by atoms with E-state index in [2.05, 4.69) is 4.98 Å². The Balaban J connectivity index is 2.10. The van der Waals surface area contributed by atoms with E-state index in [0.717, 1.165) is 17.2 Å². The molecule has 1 N–H and O–H groups in total. The smallest absolute Gasteiger partial charge is 0.417 e. The first kappa shape index (κ1) is 24.0. The molecular weight excluding hydrogens is 422 g/mol. The van der Waals surface area contributed by atoms with E-state index in [0.29, 0.717) is 16.5 Å². The first-order chi connectivity index (χ1) is 14.8. The zero-order valence-electron chi connectivity index (χ0n) is 18.8. The van der Waals surface area contributed by atoms with E-state index in [1.165, 1.54) is 31.5 Å². The lowest BCUT2D eigenvalue weighted by molar-refractivity contribution is -0.266. The van der Waals surface area contributed by atoms with Crippen molar-refractivity contribution >= 4 is 10.9 Å². The van der Waals surface area contributed by atoms with Crippen molar-refractivity contribution in [3.05, 3.63) is 70.7 Å². The molecule has 1 unspecified atom stereocenters. The van der Waals surface area contributed by atoms with Crippen LogP contribution in [0.2, 0.25) is 0 Å². The Kier molecular flexibility index (Phi) is 6.26. The molecule has 172 valence electrons. The normalized spacial score (nSPS) is 14.4. The molecule has 3 nitrogen and oxygen atoms in total. The third kappa shape index (κ3) is 4.58. The molecule has 0 aliphatic heterocycles. The summed E-state index contributed by atoms with van der Waals surface area (Å²) in [6, 6.07) is 8.91. The van der Waals surface area contributed by atoms with Crippen LogP contribution in [-0.2, 0) is 11.8 Å². The van der Waals surface area contributed by atoms with Gasteiger partial charge in [0.25, 0.3) is 0 Å². The van der Waals surface area contributed by atoms with Gasteiger partial charge in [0.15, 0.2) is 5.60 Å². The van der Waals surface area contributed by atoms with Gasteiger partial charge < -0.3 is 9.84 Å². The molecule has 0 amide bonds. The summed E-state index contributed by atoms with van der Waals surface area (Å²) in [5, 5.41) is 11.7. The molecule has 32 heavy (non-hydrogen) atoms. The summed E-state index contributed by atoms with van der Waals surface area (Å²) in [4.78, 5) is 4.29. The number of aromatic nitrogens is 1. The van der Waals surface area contributed by atoms with Gasteiger partial charge in [-0.1, -0.05) is 19.9 Å². The zero-order chi connectivity index (χ0) is 23.9. The minimum Gasteiger partial charge on any atom is -0.496 e. The monoisotopic (exact) mass is 449 g/mol. The number of fused-ring (bicyclic) bond motifs is 1. The molecule has 0 saturated carbocycles. The Labute approximate surface area is 185 Å². The van der Waals surface area contributed by atoms with Gasteiger partial charge in [0, 0.05) is 23.6 Å². The lowest BCUT2D eigenvalue weighted by atomic mass is 9.72. The van der Waals surface area contributed by atoms with E-state index in [1.807, 2.05) is 19.9 Å². The van der Waals surface area contributed by atoms with Crippen molar-refractivity contribution in [3.8, 4) is 5.75 Å². The number of benzene rings is 2. The van der Waals surface area contributed by atoms with Crippen LogP contribution < -0.4 is 4.74 Å². The van der Waals surface area contributed by atoms with Crippen LogP contribution in [-0.4, -0.2) is 29.0 Å². The molecule has 1 atom stereocenters. The van der Waals surface area contributed by atoms with E-state index in [-0.39, 0.29) is 11.3 Å². The minimum atomic E-state index is -4.92. The van der Waals surface area contributed by atoms with Gasteiger partial charge in [-0.2, -0.15) is 13.2 Å². The molecular formula is C25H27F4NO2. The second kappa shape index (κ2) is 8.35. The molecule has 2 aromatic carbocycles. The van der Waals surface area contributed by atoms with Crippen molar-refractivity contribution in [2.45, 2.75) is 57.7 Å². The van der Waals surface area contributed by atoms with Crippen LogP contribution >= 0.6 is 0 Å². The third-order valence-electron chi connectivity index (χ3n) is 5.91. The van der Waals surface area contributed by atoms with Crippen LogP contribution in [0.25, 0.3) is 10.9 Å². The molecule has 0 radical (unpaired) electrons. The number of aliphatic hydroxyl groups is 1. The molecule has 1 aromatic heterocycles. The van der Waals surface area contributed by atoms with Gasteiger partial charge in [0.05, 0.1) is 12.6 Å². The Bertz CT molecular complexity index is 1140. The highest BCUT2D eigenvalue weighted by Crippen LogP contribution is 2.45. The number of pyridine rings is 1. The quantitative estimate of drug-likeness (QED) is 0.456. The lowest BCUT2D eigenvalue weighted by Crippen LogP contribution is -2.51. The molecule has 0 aliphatic rings. The Morgan fingerprint density at radius 2 is 1.72 bits per heavy atom. The summed E-state index contributed by atoms with van der Waals surface area (Å²) < 4.78 is 62.1. The molecule has 3 rings (SSSR count). The molecule has 0 bridgehead atoms. The fourth-order valence-corrected chi connectivity index (χ4v) is 4.52. The minimum absolute atomic E-state index is 0.258. The van der Waals surface area contributed by atoms with Crippen LogP contribution in [0, 0.1) is 19.7 Å². The van der Waals surface area contributed by atoms with Crippen molar-refractivity contribution in [1.29, 1.82) is 0 Å². The van der Waals surface area contributed by atoms with E-state index >= 15 is 0 Å². The molecule has 0 spiro atoms. The maximum atomic E-state index is 14.3. The highest BCUT2D eigenvalue weighted by atomic mass is 19.4. The average molecular weight is 449 g/mol. The van der Waals surface area contributed by atoms with Crippen LogP contribution in [0.3, 0.4) is 0 Å². The maximum absolute atomic E-state index is 14.3. The number of nitrogens with zero attached hydrogens (tertiary/aromatic N) is 1. The van der Waals surface area contributed by atoms with Gasteiger partial charge in [-0.3, -0.25) is 4.98 Å². The number of hydrogen-bond acceptors (Lipinski definition) is 3. The largest absolute Gasteiger partial charge is 0.496 e. The lowest BCUT2D eigenvalue weighted by Gasteiger charge is -2.38. The van der Waals surface area contributed by atoms with Crippen LogP contribution in [0.1, 0.15) is 42.5 Å². The van der Waals surface area contributed by atoms with Gasteiger partial charge >= 0.3 is 6.18 Å². The summed E-state index contributed by atoms with van der Waals surface area (Å²) in [5.74, 6) is -0.322. The Hall–Kier alpha value is -2.67. The first-order valence-electron chi connectivity index (χ1n) is 10.3. The molecule has 0 fully saturated rings. The average Bonchev–Trinajstić information content (AvgIpc) is 2.66. The van der Waals surface area contributed by atoms with Gasteiger partial charge in [-0.05, 0) is 72.7 Å². The fourth-order valence-electron chi connectivity index (χ4n) is 4.52. The molecule has 1 heterocycles. The second-order valence-electron chi connectivity index (χ2n) is 9.06. The van der Waals surface area contributed by atoms with Crippen molar-refractivity contribution in [2.75, 3.05) is 7.11 Å². The van der Waals surface area contributed by atoms with Crippen LogP contribution in [0.15, 0.2) is 42.6 Å². The number of ether oxygens (including phenoxy) is 1. The predicted octanol–water partition coefficient (Wildman–Crippen LogP) is 6.20. The number of alkyl halides is 3. The highest BCUT2D eigenvalue weighted by molar-refractivity contribution is 5.86. The first-order valence-corrected chi connectivity index (χ1v) is 10.3. The van der Waals surface area contributed by atoms with E-state index in [4.69, 9.17) is 4.74 Å². The summed E-state index contributed by atoms with van der Waals surface area (Å²) in [5.41, 5.74) is -1.37. The van der Waals surface area contributed by atoms with Crippen molar-refractivity contribution < 1.29 is 27.4 Å². The Morgan fingerprint density at radius 1 is 1.03 bits per heavy atom. The second-order valence-corrected chi connectivity index (χ2v) is 9.06. The molecule has 0 aliphatic carbocycles. The van der Waals surface area contributed by atoms with Gasteiger partial charge in [0.2, 0.25) is 0 Å². The zero-order valence-corrected chi connectivity index (χ0v) is 18.8. The number of methoxy groups -OCH3 is 1. The van der Waals surface area contributed by atoms with Crippen LogP contribution in [0.4, 0.5) is 17.6 Å². The maximum Gasteiger partial charge on any atom is 0.417 e. The number of rotatable bonds is 6. The molecule has 3 aromatic rings. The van der Waals surface area contributed by atoms with Gasteiger partial charge in [-0.15, -0.1) is 0 Å². The number of hydrogen-bond donors (Lipinski definition) is 1. The third-order valence-corrected chi connectivity index (χ3v) is 5.91. The predicted molar refractivity (Wildman–Crippen MR) is 117 cm³/mol. The molecule has 7 heteroatoms.